The Bertz CT molecular complexity index is 431. The molecule has 0 radical (unpaired) electrons. The van der Waals surface area contributed by atoms with Crippen LogP contribution in [0, 0.1) is 5.41 Å². The lowest BCUT2D eigenvalue weighted by Crippen LogP contribution is -2.57. The van der Waals surface area contributed by atoms with E-state index in [9.17, 15) is 0 Å². The van der Waals surface area contributed by atoms with Gasteiger partial charge in [0.25, 0.3) is 0 Å². The molecule has 104 valence electrons. The van der Waals surface area contributed by atoms with Crippen molar-refractivity contribution in [1.29, 1.82) is 0 Å². The molecule has 0 atom stereocenters. The van der Waals surface area contributed by atoms with Crippen molar-refractivity contribution in [2.75, 3.05) is 13.6 Å². The highest BCUT2D eigenvalue weighted by atomic mass is 14.9. The smallest absolute Gasteiger partial charge is 0.00882 e. The lowest BCUT2D eigenvalue weighted by Gasteiger charge is -2.61. The number of hydrogen-bond donors (Lipinski definition) is 1. The van der Waals surface area contributed by atoms with Gasteiger partial charge in [-0.25, -0.2) is 0 Å². The van der Waals surface area contributed by atoms with Crippen LogP contribution in [0.1, 0.15) is 63.0 Å². The molecular formula is C18H27N. The van der Waals surface area contributed by atoms with E-state index in [1.165, 1.54) is 37.7 Å². The average molecular weight is 257 g/mol. The fourth-order valence-corrected chi connectivity index (χ4v) is 4.41. The van der Waals surface area contributed by atoms with Crippen molar-refractivity contribution in [2.24, 2.45) is 5.41 Å². The summed E-state index contributed by atoms with van der Waals surface area (Å²) in [6.07, 6.45) is 7.22. The first-order valence-electron chi connectivity index (χ1n) is 7.84. The van der Waals surface area contributed by atoms with Crippen LogP contribution in [0.5, 0.6) is 0 Å². The van der Waals surface area contributed by atoms with Crippen LogP contribution >= 0.6 is 0 Å². The summed E-state index contributed by atoms with van der Waals surface area (Å²) in [6.45, 7) is 5.67. The molecule has 0 amide bonds. The third-order valence-electron chi connectivity index (χ3n) is 5.55. The Kier molecular flexibility index (Phi) is 3.21. The Morgan fingerprint density at radius 2 is 1.74 bits per heavy atom. The predicted octanol–water partition coefficient (Wildman–Crippen LogP) is 4.23. The van der Waals surface area contributed by atoms with Crippen molar-refractivity contribution >= 4 is 0 Å². The zero-order valence-corrected chi connectivity index (χ0v) is 12.6. The van der Waals surface area contributed by atoms with Crippen LogP contribution in [-0.2, 0) is 5.41 Å². The summed E-state index contributed by atoms with van der Waals surface area (Å²) in [6, 6.07) is 9.45. The Balaban J connectivity index is 1.81. The Labute approximate surface area is 117 Å². The summed E-state index contributed by atoms with van der Waals surface area (Å²) >= 11 is 0. The van der Waals surface area contributed by atoms with E-state index in [0.29, 0.717) is 11.3 Å². The van der Waals surface area contributed by atoms with Crippen molar-refractivity contribution in [3.8, 4) is 0 Å². The van der Waals surface area contributed by atoms with Crippen molar-refractivity contribution in [3.05, 3.63) is 35.4 Å². The van der Waals surface area contributed by atoms with Crippen LogP contribution in [0.15, 0.2) is 24.3 Å². The molecule has 1 heteroatoms. The first kappa shape index (κ1) is 13.2. The van der Waals surface area contributed by atoms with E-state index in [1.54, 1.807) is 5.56 Å². The van der Waals surface area contributed by atoms with E-state index in [4.69, 9.17) is 0 Å². The van der Waals surface area contributed by atoms with E-state index in [0.717, 1.165) is 12.0 Å². The number of rotatable bonds is 4. The number of nitrogens with one attached hydrogen (secondary N) is 1. The van der Waals surface area contributed by atoms with Crippen LogP contribution in [0.3, 0.4) is 0 Å². The maximum atomic E-state index is 3.43. The molecule has 0 aliphatic heterocycles. The third-order valence-corrected chi connectivity index (χ3v) is 5.55. The molecule has 2 fully saturated rings. The second kappa shape index (κ2) is 4.63. The van der Waals surface area contributed by atoms with Crippen LogP contribution < -0.4 is 5.32 Å². The van der Waals surface area contributed by atoms with Gasteiger partial charge in [-0.2, -0.15) is 0 Å². The largest absolute Gasteiger partial charge is 0.319 e. The van der Waals surface area contributed by atoms with Gasteiger partial charge in [-0.15, -0.1) is 0 Å². The van der Waals surface area contributed by atoms with Crippen LogP contribution in [0.4, 0.5) is 0 Å². The number of benzene rings is 1. The molecule has 1 aromatic rings. The average Bonchev–Trinajstić information content (AvgIpc) is 2.31. The monoisotopic (exact) mass is 257 g/mol. The minimum atomic E-state index is 0.421. The molecule has 19 heavy (non-hydrogen) atoms. The molecule has 2 aliphatic rings. The lowest BCUT2D eigenvalue weighted by molar-refractivity contribution is -0.0475. The highest BCUT2D eigenvalue weighted by molar-refractivity contribution is 5.35. The topological polar surface area (TPSA) is 12.0 Å². The SMILES string of the molecule is CNCC1(c2ccc(C(C)C)cc2)CC2(CCC2)C1. The Morgan fingerprint density at radius 3 is 2.16 bits per heavy atom. The second-order valence-electron chi connectivity index (χ2n) is 7.29. The highest BCUT2D eigenvalue weighted by Crippen LogP contribution is 2.64. The lowest BCUT2D eigenvalue weighted by atomic mass is 9.43. The molecule has 0 saturated heterocycles. The van der Waals surface area contributed by atoms with Gasteiger partial charge < -0.3 is 5.32 Å². The maximum absolute atomic E-state index is 3.43. The van der Waals surface area contributed by atoms with Gasteiger partial charge in [-0.1, -0.05) is 44.5 Å². The standard InChI is InChI=1S/C18H27N/c1-14(2)15-5-7-16(8-6-15)18(13-19-3)11-17(12-18)9-4-10-17/h5-8,14,19H,4,9-13H2,1-3H3. The summed E-state index contributed by atoms with van der Waals surface area (Å²) in [4.78, 5) is 0. The van der Waals surface area contributed by atoms with Gasteiger partial charge in [0.05, 0.1) is 0 Å². The minimum absolute atomic E-state index is 0.421. The summed E-state index contributed by atoms with van der Waals surface area (Å²) in [7, 11) is 2.09. The van der Waals surface area contributed by atoms with Gasteiger partial charge in [-0.3, -0.25) is 0 Å². The van der Waals surface area contributed by atoms with Crippen molar-refractivity contribution in [3.63, 3.8) is 0 Å². The highest BCUT2D eigenvalue weighted by Gasteiger charge is 2.56. The number of likely N-dealkylation sites (N-methyl/N-ethyl adjacent to an activating group) is 1. The van der Waals surface area contributed by atoms with E-state index >= 15 is 0 Å². The zero-order chi connectivity index (χ0) is 13.5. The quantitative estimate of drug-likeness (QED) is 0.851. The summed E-state index contributed by atoms with van der Waals surface area (Å²) in [5.41, 5.74) is 4.17. The first-order chi connectivity index (χ1) is 9.09. The maximum Gasteiger partial charge on any atom is 0.00882 e. The molecule has 2 aliphatic carbocycles. The molecule has 1 aromatic carbocycles. The first-order valence-corrected chi connectivity index (χ1v) is 7.84. The van der Waals surface area contributed by atoms with E-state index in [1.807, 2.05) is 0 Å². The predicted molar refractivity (Wildman–Crippen MR) is 81.7 cm³/mol. The van der Waals surface area contributed by atoms with Gasteiger partial charge in [0, 0.05) is 12.0 Å². The number of hydrogen-bond acceptors (Lipinski definition) is 1. The minimum Gasteiger partial charge on any atom is -0.319 e. The molecular weight excluding hydrogens is 230 g/mol. The molecule has 0 heterocycles. The van der Waals surface area contributed by atoms with Gasteiger partial charge in [0.1, 0.15) is 0 Å². The van der Waals surface area contributed by atoms with Gasteiger partial charge in [0.15, 0.2) is 0 Å². The second-order valence-corrected chi connectivity index (χ2v) is 7.29. The molecule has 1 N–H and O–H groups in total. The van der Waals surface area contributed by atoms with E-state index in [2.05, 4.69) is 50.5 Å². The van der Waals surface area contributed by atoms with Crippen LogP contribution in [-0.4, -0.2) is 13.6 Å². The van der Waals surface area contributed by atoms with Gasteiger partial charge >= 0.3 is 0 Å². The van der Waals surface area contributed by atoms with E-state index in [-0.39, 0.29) is 0 Å². The molecule has 3 rings (SSSR count). The Morgan fingerprint density at radius 1 is 1.11 bits per heavy atom. The Hall–Kier alpha value is -0.820. The summed E-state index contributed by atoms with van der Waals surface area (Å²) in [5.74, 6) is 0.633. The molecule has 1 nitrogen and oxygen atoms in total. The van der Waals surface area contributed by atoms with Gasteiger partial charge in [0.2, 0.25) is 0 Å². The van der Waals surface area contributed by atoms with E-state index < -0.39 is 0 Å². The summed E-state index contributed by atoms with van der Waals surface area (Å²) in [5, 5.41) is 3.43. The van der Waals surface area contributed by atoms with Crippen molar-refractivity contribution < 1.29 is 0 Å². The van der Waals surface area contributed by atoms with Crippen LogP contribution in [0.2, 0.25) is 0 Å². The van der Waals surface area contributed by atoms with Crippen LogP contribution in [0.25, 0.3) is 0 Å². The molecule has 0 bridgehead atoms. The molecule has 1 spiro atoms. The van der Waals surface area contributed by atoms with Crippen molar-refractivity contribution in [1.82, 2.24) is 5.32 Å². The van der Waals surface area contributed by atoms with Gasteiger partial charge in [-0.05, 0) is 55.2 Å². The third kappa shape index (κ3) is 2.12. The molecule has 0 aromatic heterocycles. The molecule has 0 unspecified atom stereocenters. The fraction of sp³-hybridized carbons (Fsp3) is 0.667. The normalized spacial score (nSPS) is 23.2. The fourth-order valence-electron chi connectivity index (χ4n) is 4.41. The summed E-state index contributed by atoms with van der Waals surface area (Å²) < 4.78 is 0. The molecule has 2 saturated carbocycles. The van der Waals surface area contributed by atoms with Crippen molar-refractivity contribution in [2.45, 2.75) is 57.3 Å². The zero-order valence-electron chi connectivity index (χ0n) is 12.6.